The minimum absolute atomic E-state index is 0.0709. The standard InChI is InChI=1S/C23H29ClFN3O2/c1-27(2)14-19-15-28(21(13-24)16-6-8-20(25)9-7-16)11-10-23(19,30)18-5-3-4-17(12-18)22(26)29/h3-9,12,19,21,30H,10-11,13-15H2,1-2H3,(H2,26,29). The highest BCUT2D eigenvalue weighted by Crippen LogP contribution is 2.40. The van der Waals surface area contributed by atoms with Gasteiger partial charge in [0, 0.05) is 43.0 Å². The van der Waals surface area contributed by atoms with Crippen LogP contribution in [0.3, 0.4) is 0 Å². The van der Waals surface area contributed by atoms with Gasteiger partial charge in [0.15, 0.2) is 0 Å². The number of primary amides is 1. The van der Waals surface area contributed by atoms with Gasteiger partial charge in [-0.25, -0.2) is 4.39 Å². The molecule has 3 rings (SSSR count). The average molecular weight is 434 g/mol. The Kier molecular flexibility index (Phi) is 7.14. The summed E-state index contributed by atoms with van der Waals surface area (Å²) >= 11 is 6.31. The third kappa shape index (κ3) is 4.83. The molecular formula is C23H29ClFN3O2. The van der Waals surface area contributed by atoms with Gasteiger partial charge in [0.2, 0.25) is 5.91 Å². The van der Waals surface area contributed by atoms with Crippen molar-refractivity contribution < 1.29 is 14.3 Å². The number of hydrogen-bond donors (Lipinski definition) is 2. The van der Waals surface area contributed by atoms with E-state index in [1.165, 1.54) is 12.1 Å². The predicted octanol–water partition coefficient (Wildman–Crippen LogP) is 2.98. The molecule has 0 saturated carbocycles. The Morgan fingerprint density at radius 2 is 2.03 bits per heavy atom. The van der Waals surface area contributed by atoms with Crippen molar-refractivity contribution >= 4 is 17.5 Å². The molecule has 162 valence electrons. The molecule has 2 aromatic carbocycles. The molecular weight excluding hydrogens is 405 g/mol. The van der Waals surface area contributed by atoms with Crippen molar-refractivity contribution in [1.29, 1.82) is 0 Å². The number of aliphatic hydroxyl groups is 1. The summed E-state index contributed by atoms with van der Waals surface area (Å²) in [5, 5.41) is 11.7. The van der Waals surface area contributed by atoms with E-state index in [0.29, 0.717) is 43.1 Å². The van der Waals surface area contributed by atoms with Crippen LogP contribution in [0.2, 0.25) is 0 Å². The lowest BCUT2D eigenvalue weighted by Crippen LogP contribution is -2.54. The lowest BCUT2D eigenvalue weighted by Gasteiger charge is -2.48. The van der Waals surface area contributed by atoms with E-state index in [1.807, 2.05) is 25.1 Å². The molecule has 0 aromatic heterocycles. The molecule has 1 aliphatic rings. The zero-order valence-corrected chi connectivity index (χ0v) is 18.1. The number of hydrogen-bond acceptors (Lipinski definition) is 4. The zero-order chi connectivity index (χ0) is 21.9. The van der Waals surface area contributed by atoms with Crippen molar-refractivity contribution in [2.75, 3.05) is 39.6 Å². The van der Waals surface area contributed by atoms with Crippen LogP contribution in [-0.4, -0.2) is 60.4 Å². The third-order valence-electron chi connectivity index (χ3n) is 5.98. The van der Waals surface area contributed by atoms with Crippen molar-refractivity contribution in [2.24, 2.45) is 11.7 Å². The zero-order valence-electron chi connectivity index (χ0n) is 17.4. The molecule has 1 fully saturated rings. The van der Waals surface area contributed by atoms with Gasteiger partial charge in [-0.2, -0.15) is 0 Å². The van der Waals surface area contributed by atoms with Crippen LogP contribution in [0.5, 0.6) is 0 Å². The number of likely N-dealkylation sites (tertiary alicyclic amines) is 1. The fourth-order valence-electron chi connectivity index (χ4n) is 4.38. The van der Waals surface area contributed by atoms with Gasteiger partial charge in [-0.05, 0) is 55.9 Å². The van der Waals surface area contributed by atoms with Gasteiger partial charge in [-0.15, -0.1) is 11.6 Å². The Balaban J connectivity index is 1.90. The third-order valence-corrected chi connectivity index (χ3v) is 6.28. The van der Waals surface area contributed by atoms with Crippen molar-refractivity contribution in [2.45, 2.75) is 18.1 Å². The summed E-state index contributed by atoms with van der Waals surface area (Å²) in [5.41, 5.74) is 6.40. The van der Waals surface area contributed by atoms with Crippen LogP contribution in [0.25, 0.3) is 0 Å². The van der Waals surface area contributed by atoms with Crippen LogP contribution in [-0.2, 0) is 5.60 Å². The van der Waals surface area contributed by atoms with Crippen LogP contribution in [0, 0.1) is 11.7 Å². The SMILES string of the molecule is CN(C)CC1CN(C(CCl)c2ccc(F)cc2)CCC1(O)c1cccc(C(N)=O)c1. The fourth-order valence-corrected chi connectivity index (χ4v) is 4.75. The van der Waals surface area contributed by atoms with Crippen molar-refractivity contribution in [3.63, 3.8) is 0 Å². The maximum atomic E-state index is 13.4. The maximum Gasteiger partial charge on any atom is 0.248 e. The monoisotopic (exact) mass is 433 g/mol. The van der Waals surface area contributed by atoms with Gasteiger partial charge in [0.05, 0.1) is 5.60 Å². The molecule has 0 spiro atoms. The number of carbonyl (C=O) groups excluding carboxylic acids is 1. The van der Waals surface area contributed by atoms with Crippen LogP contribution in [0.15, 0.2) is 48.5 Å². The second-order valence-corrected chi connectivity index (χ2v) is 8.60. The van der Waals surface area contributed by atoms with E-state index in [9.17, 15) is 14.3 Å². The van der Waals surface area contributed by atoms with Gasteiger partial charge in [0.1, 0.15) is 5.82 Å². The van der Waals surface area contributed by atoms with Crippen molar-refractivity contribution in [3.05, 3.63) is 71.0 Å². The van der Waals surface area contributed by atoms with Gasteiger partial charge in [0.25, 0.3) is 0 Å². The first-order chi connectivity index (χ1) is 14.2. The Hall–Kier alpha value is -1.99. The fraction of sp³-hybridized carbons (Fsp3) is 0.435. The Morgan fingerprint density at radius 3 is 2.63 bits per heavy atom. The summed E-state index contributed by atoms with van der Waals surface area (Å²) in [7, 11) is 3.94. The van der Waals surface area contributed by atoms with E-state index in [2.05, 4.69) is 4.90 Å². The molecule has 3 atom stereocenters. The number of halogens is 2. The molecule has 3 unspecified atom stereocenters. The Morgan fingerprint density at radius 1 is 1.33 bits per heavy atom. The van der Waals surface area contributed by atoms with E-state index in [0.717, 1.165) is 5.56 Å². The normalized spacial score (nSPS) is 23.5. The van der Waals surface area contributed by atoms with Crippen LogP contribution in [0.1, 0.15) is 33.9 Å². The minimum Gasteiger partial charge on any atom is -0.385 e. The molecule has 1 heterocycles. The predicted molar refractivity (Wildman–Crippen MR) is 117 cm³/mol. The van der Waals surface area contributed by atoms with E-state index in [-0.39, 0.29) is 17.8 Å². The van der Waals surface area contributed by atoms with E-state index in [1.54, 1.807) is 30.3 Å². The van der Waals surface area contributed by atoms with Gasteiger partial charge >= 0.3 is 0 Å². The number of amides is 1. The summed E-state index contributed by atoms with van der Waals surface area (Å²) in [6.45, 7) is 1.90. The Labute approximate surface area is 182 Å². The second kappa shape index (κ2) is 9.43. The first-order valence-electron chi connectivity index (χ1n) is 10.1. The van der Waals surface area contributed by atoms with Crippen LogP contribution in [0.4, 0.5) is 4.39 Å². The molecule has 2 aromatic rings. The number of nitrogens with two attached hydrogens (primary N) is 1. The summed E-state index contributed by atoms with van der Waals surface area (Å²) in [5.74, 6) is -0.536. The maximum absolute atomic E-state index is 13.4. The molecule has 0 bridgehead atoms. The van der Waals surface area contributed by atoms with Gasteiger partial charge in [-0.3, -0.25) is 9.69 Å². The summed E-state index contributed by atoms with van der Waals surface area (Å²) in [6.07, 6.45) is 0.488. The lowest BCUT2D eigenvalue weighted by molar-refractivity contribution is -0.0914. The summed E-state index contributed by atoms with van der Waals surface area (Å²) in [6, 6.07) is 13.3. The first kappa shape index (κ1) is 22.7. The Bertz CT molecular complexity index is 877. The van der Waals surface area contributed by atoms with E-state index < -0.39 is 11.5 Å². The highest BCUT2D eigenvalue weighted by atomic mass is 35.5. The van der Waals surface area contributed by atoms with E-state index in [4.69, 9.17) is 17.3 Å². The molecule has 30 heavy (non-hydrogen) atoms. The summed E-state index contributed by atoms with van der Waals surface area (Å²) in [4.78, 5) is 15.9. The molecule has 1 saturated heterocycles. The lowest BCUT2D eigenvalue weighted by atomic mass is 9.74. The number of alkyl halides is 1. The molecule has 3 N–H and O–H groups in total. The quantitative estimate of drug-likeness (QED) is 0.658. The number of carbonyl (C=O) groups is 1. The number of rotatable bonds is 7. The molecule has 5 nitrogen and oxygen atoms in total. The number of nitrogens with zero attached hydrogens (tertiary/aromatic N) is 2. The number of benzene rings is 2. The molecule has 0 radical (unpaired) electrons. The topological polar surface area (TPSA) is 69.8 Å². The molecule has 7 heteroatoms. The number of piperidine rings is 1. The van der Waals surface area contributed by atoms with Crippen molar-refractivity contribution in [1.82, 2.24) is 9.80 Å². The summed E-state index contributed by atoms with van der Waals surface area (Å²) < 4.78 is 13.4. The van der Waals surface area contributed by atoms with Gasteiger partial charge < -0.3 is 15.7 Å². The molecule has 0 aliphatic carbocycles. The van der Waals surface area contributed by atoms with Crippen molar-refractivity contribution in [3.8, 4) is 0 Å². The smallest absolute Gasteiger partial charge is 0.248 e. The highest BCUT2D eigenvalue weighted by molar-refractivity contribution is 6.18. The second-order valence-electron chi connectivity index (χ2n) is 8.30. The van der Waals surface area contributed by atoms with Gasteiger partial charge in [-0.1, -0.05) is 24.3 Å². The van der Waals surface area contributed by atoms with Crippen LogP contribution >= 0.6 is 11.6 Å². The molecule has 1 amide bonds. The molecule has 1 aliphatic heterocycles. The minimum atomic E-state index is -1.09. The largest absolute Gasteiger partial charge is 0.385 e. The van der Waals surface area contributed by atoms with Crippen LogP contribution < -0.4 is 5.73 Å². The highest BCUT2D eigenvalue weighted by Gasteiger charge is 2.44. The first-order valence-corrected chi connectivity index (χ1v) is 10.6. The average Bonchev–Trinajstić information content (AvgIpc) is 2.72. The van der Waals surface area contributed by atoms with E-state index >= 15 is 0 Å².